The molecule has 30 rings (SSSR count). The summed E-state index contributed by atoms with van der Waals surface area (Å²) in [7, 11) is 0. The SMILES string of the molecule is c1ccc(-c2cccc(-c3nc(-c4nc5c6ccccc6c6sc7ccccc7c6c5c5ccccc45)nc4ccccc34)c2)cc1.c1ccc2c(-c3nc(-c4nc5c6ccccc6c6sc7ccccc7c6c5c5ccccc45)nc4ccccc34)cccc2c1.c1ccc2cc(-c3nc(-c4nc5c6ccccc6c6sc7ccccc7c6c5c5ccccc45)nc4ccccc34)ccc2c1. The smallest absolute Gasteiger partial charge is 0.179 e. The lowest BCUT2D eigenvalue weighted by atomic mass is 9.95. The molecule has 0 amide bonds. The highest BCUT2D eigenvalue weighted by Crippen LogP contribution is 2.52. The van der Waals surface area contributed by atoms with E-state index < -0.39 is 0 Å². The van der Waals surface area contributed by atoms with Gasteiger partial charge in [-0.15, -0.1) is 34.0 Å². The van der Waals surface area contributed by atoms with E-state index in [0.29, 0.717) is 17.5 Å². The van der Waals surface area contributed by atoms with E-state index in [-0.39, 0.29) is 0 Å². The molecule has 9 nitrogen and oxygen atoms in total. The van der Waals surface area contributed by atoms with Crippen LogP contribution in [0.1, 0.15) is 0 Å². The second kappa shape index (κ2) is 31.7. The fourth-order valence-corrected chi connectivity index (χ4v) is 24.9. The number of thiophene rings is 3. The highest BCUT2D eigenvalue weighted by atomic mass is 32.1. The van der Waals surface area contributed by atoms with Gasteiger partial charge in [-0.25, -0.2) is 44.9 Å². The molecule has 0 atom stereocenters. The van der Waals surface area contributed by atoms with E-state index in [1.54, 1.807) is 0 Å². The van der Waals surface area contributed by atoms with Crippen molar-refractivity contribution >= 4 is 246 Å². The van der Waals surface area contributed by atoms with Crippen molar-refractivity contribution < 1.29 is 0 Å². The summed E-state index contributed by atoms with van der Waals surface area (Å²) >= 11 is 5.59. The molecule has 0 aliphatic heterocycles. The van der Waals surface area contributed by atoms with Gasteiger partial charge < -0.3 is 0 Å². The maximum atomic E-state index is 5.52. The average Bonchev–Trinajstić information content (AvgIpc) is 1.65. The van der Waals surface area contributed by atoms with Crippen LogP contribution in [0.25, 0.3) is 292 Å². The highest BCUT2D eigenvalue weighted by Gasteiger charge is 2.28. The number of benzene rings is 21. The third-order valence-electron chi connectivity index (χ3n) is 27.3. The lowest BCUT2D eigenvalue weighted by Crippen LogP contribution is -1.99. The topological polar surface area (TPSA) is 116 Å². The molecule has 0 N–H and O–H groups in total. The molecule has 30 aromatic rings. The molecule has 0 saturated carbocycles. The van der Waals surface area contributed by atoms with Gasteiger partial charge >= 0.3 is 0 Å². The Morgan fingerprint density at radius 3 is 0.883 bits per heavy atom. The first kappa shape index (κ1) is 78.3. The zero-order valence-corrected chi connectivity index (χ0v) is 75.7. The first-order valence-electron chi connectivity index (χ1n) is 46.0. The summed E-state index contributed by atoms with van der Waals surface area (Å²) < 4.78 is 7.77. The quantitative estimate of drug-likeness (QED) is 0.144. The van der Waals surface area contributed by atoms with Crippen molar-refractivity contribution in [1.82, 2.24) is 44.9 Å². The molecular weight excluding hydrogens is 1720 g/mol. The van der Waals surface area contributed by atoms with Crippen LogP contribution in [0, 0.1) is 0 Å². The Morgan fingerprint density at radius 2 is 0.445 bits per heavy atom. The molecule has 0 bridgehead atoms. The molecule has 0 radical (unpaired) electrons. The van der Waals surface area contributed by atoms with Crippen LogP contribution in [0.3, 0.4) is 0 Å². The fourth-order valence-electron chi connectivity index (χ4n) is 21.2. The van der Waals surface area contributed by atoms with Gasteiger partial charge in [-0.3, -0.25) is 0 Å². The predicted octanol–water partition coefficient (Wildman–Crippen LogP) is 34.5. The van der Waals surface area contributed by atoms with Crippen molar-refractivity contribution in [1.29, 1.82) is 0 Å². The Morgan fingerprint density at radius 1 is 0.146 bits per heavy atom. The third-order valence-corrected chi connectivity index (χ3v) is 30.9. The average molecular weight is 1800 g/mol. The minimum atomic E-state index is 0.626. The van der Waals surface area contributed by atoms with Crippen molar-refractivity contribution in [2.75, 3.05) is 0 Å². The number of rotatable bonds is 7. The predicted molar refractivity (Wildman–Crippen MR) is 581 cm³/mol. The Labute approximate surface area is 794 Å². The van der Waals surface area contributed by atoms with E-state index >= 15 is 0 Å². The number of hydrogen-bond donors (Lipinski definition) is 0. The second-order valence-electron chi connectivity index (χ2n) is 35.0. The molecule has 0 aliphatic carbocycles. The number of para-hydroxylation sites is 3. The Kier molecular flexibility index (Phi) is 18.1. The lowest BCUT2D eigenvalue weighted by molar-refractivity contribution is 1.20. The van der Waals surface area contributed by atoms with Crippen molar-refractivity contribution in [3.63, 3.8) is 0 Å². The molecule has 9 heterocycles. The number of pyridine rings is 3. The highest BCUT2D eigenvalue weighted by molar-refractivity contribution is 7.28. The first-order chi connectivity index (χ1) is 68.0. The molecule has 9 aromatic heterocycles. The van der Waals surface area contributed by atoms with E-state index in [9.17, 15) is 0 Å². The van der Waals surface area contributed by atoms with Gasteiger partial charge in [0.25, 0.3) is 0 Å². The van der Waals surface area contributed by atoms with E-state index in [1.165, 1.54) is 131 Å². The standard InChI is InChI=1S/C43H25N3S.2C41H23N3S/c1-2-13-26(14-3-1)27-15-12-16-28(25-27)39-33-21-8-10-23-35(33)44-43(46-39)41-30-18-5-4-17-29(30)37-38-34-22-9-11-24-36(34)47-42(38)32-20-7-6-19-31(32)40(37)45-41;1-2-14-25-24(12-1)13-11-21-27(25)37-31-19-7-9-22-33(31)42-41(44-37)39-28-16-4-3-15-26(28)35-36-32-20-8-10-23-34(32)45-40(36)30-18-6-5-17-29(30)38(35)43-39;1-2-12-25-23-26(22-21-24(25)11-1)37-31-17-7-9-19-33(31)42-41(44-37)39-28-14-4-3-13-27(28)35-36-32-18-8-10-20-34(32)45-40(36)30-16-6-5-15-29(30)38(35)43-39/h1-25H;2*1-23H. The van der Waals surface area contributed by atoms with E-state index in [1.807, 2.05) is 58.3 Å². The van der Waals surface area contributed by atoms with Crippen molar-refractivity contribution in [3.8, 4) is 79.5 Å². The minimum absolute atomic E-state index is 0.626. The van der Waals surface area contributed by atoms with Gasteiger partial charge in [0.1, 0.15) is 17.1 Å². The summed E-state index contributed by atoms with van der Waals surface area (Å²) in [5.41, 5.74) is 16.3. The summed E-state index contributed by atoms with van der Waals surface area (Å²) in [5, 5.41) is 32.8. The van der Waals surface area contributed by atoms with Gasteiger partial charge in [0.05, 0.1) is 50.2 Å². The minimum Gasteiger partial charge on any atom is -0.243 e. The Bertz CT molecular complexity index is 10400. The number of nitrogens with zero attached hydrogens (tertiary/aromatic N) is 9. The molecule has 0 saturated heterocycles. The molecule has 12 heteroatoms. The Balaban J connectivity index is 0.000000102. The fraction of sp³-hybridized carbons (Fsp3) is 0. The summed E-state index contributed by atoms with van der Waals surface area (Å²) in [4.78, 5) is 48.1. The normalized spacial score (nSPS) is 11.9. The number of fused-ring (bicyclic) bond motifs is 35. The summed E-state index contributed by atoms with van der Waals surface area (Å²) in [5.74, 6) is 1.89. The third kappa shape index (κ3) is 12.6. The van der Waals surface area contributed by atoms with Crippen LogP contribution in [-0.2, 0) is 0 Å². The van der Waals surface area contributed by atoms with Crippen LogP contribution in [0.5, 0.6) is 0 Å². The molecule has 137 heavy (non-hydrogen) atoms. The van der Waals surface area contributed by atoms with E-state index in [4.69, 9.17) is 44.9 Å². The van der Waals surface area contributed by atoms with Crippen molar-refractivity contribution in [3.05, 3.63) is 431 Å². The van der Waals surface area contributed by atoms with Crippen LogP contribution in [0.15, 0.2) is 431 Å². The van der Waals surface area contributed by atoms with Crippen LogP contribution in [-0.4, -0.2) is 44.9 Å². The number of hydrogen-bond acceptors (Lipinski definition) is 12. The molecule has 634 valence electrons. The molecular formula is C125H71N9S3. The van der Waals surface area contributed by atoms with Gasteiger partial charge in [0.15, 0.2) is 17.5 Å². The summed E-state index contributed by atoms with van der Waals surface area (Å²) in [6, 6.07) is 152. The zero-order valence-electron chi connectivity index (χ0n) is 73.2. The molecule has 0 fully saturated rings. The van der Waals surface area contributed by atoms with Crippen molar-refractivity contribution in [2.45, 2.75) is 0 Å². The maximum absolute atomic E-state index is 5.52. The second-order valence-corrected chi connectivity index (χ2v) is 38.2. The van der Waals surface area contributed by atoms with Gasteiger partial charge in [0.2, 0.25) is 0 Å². The van der Waals surface area contributed by atoms with Crippen LogP contribution >= 0.6 is 34.0 Å². The van der Waals surface area contributed by atoms with E-state index in [0.717, 1.165) is 143 Å². The molecule has 0 unspecified atom stereocenters. The summed E-state index contributed by atoms with van der Waals surface area (Å²) in [6.07, 6.45) is 0. The molecule has 0 aliphatic rings. The van der Waals surface area contributed by atoms with Gasteiger partial charge in [-0.1, -0.05) is 382 Å². The largest absolute Gasteiger partial charge is 0.243 e. The van der Waals surface area contributed by atoms with E-state index in [2.05, 4.69) is 406 Å². The van der Waals surface area contributed by atoms with Crippen molar-refractivity contribution in [2.24, 2.45) is 0 Å². The molecule has 21 aromatic carbocycles. The number of aromatic nitrogens is 9. The Hall–Kier alpha value is -17.4. The maximum Gasteiger partial charge on any atom is 0.179 e. The first-order valence-corrected chi connectivity index (χ1v) is 48.5. The van der Waals surface area contributed by atoms with Gasteiger partial charge in [-0.2, -0.15) is 0 Å². The monoisotopic (exact) mass is 1790 g/mol. The molecule has 0 spiro atoms. The zero-order chi connectivity index (χ0) is 89.9. The summed E-state index contributed by atoms with van der Waals surface area (Å²) in [6.45, 7) is 0. The van der Waals surface area contributed by atoms with Crippen LogP contribution in [0.2, 0.25) is 0 Å². The van der Waals surface area contributed by atoms with Gasteiger partial charge in [0, 0.05) is 158 Å². The van der Waals surface area contributed by atoms with Gasteiger partial charge in [-0.05, 0) is 97.4 Å². The van der Waals surface area contributed by atoms with Crippen LogP contribution < -0.4 is 0 Å². The van der Waals surface area contributed by atoms with Crippen LogP contribution in [0.4, 0.5) is 0 Å². The lowest BCUT2D eigenvalue weighted by Gasteiger charge is -2.15.